The number of benzene rings is 4. The molecule has 0 saturated carbocycles. The highest BCUT2D eigenvalue weighted by molar-refractivity contribution is 8.00. The van der Waals surface area contributed by atoms with Crippen LogP contribution in [0.5, 0.6) is 11.5 Å². The number of hydrogen-bond donors (Lipinski definition) is 1. The Hall–Kier alpha value is -4.93. The molecule has 1 atom stereocenters. The zero-order valence-electron chi connectivity index (χ0n) is 25.5. The monoisotopic (exact) mass is 649 g/mol. The molecule has 1 amide bonds. The number of hydrogen-bond acceptors (Lipinski definition) is 9. The highest BCUT2D eigenvalue weighted by Gasteiger charge is 2.48. The van der Waals surface area contributed by atoms with E-state index in [4.69, 9.17) is 9.47 Å². The maximum Gasteiger partial charge on any atom is 0.301 e. The second-order valence-corrected chi connectivity index (χ2v) is 13.0. The van der Waals surface area contributed by atoms with Crippen LogP contribution in [0.25, 0.3) is 5.76 Å². The van der Waals surface area contributed by atoms with Crippen LogP contribution in [0.3, 0.4) is 0 Å². The predicted molar refractivity (Wildman–Crippen MR) is 180 cm³/mol. The van der Waals surface area contributed by atoms with E-state index in [1.54, 1.807) is 55.6 Å². The van der Waals surface area contributed by atoms with Gasteiger partial charge >= 0.3 is 5.91 Å². The fraction of sp³-hybridized carbons (Fsp3) is 0.167. The van der Waals surface area contributed by atoms with Crippen molar-refractivity contribution in [2.75, 3.05) is 12.0 Å². The van der Waals surface area contributed by atoms with Gasteiger partial charge in [0.15, 0.2) is 4.34 Å². The molecular weight excluding hydrogens is 619 g/mol. The van der Waals surface area contributed by atoms with E-state index >= 15 is 0 Å². The largest absolute Gasteiger partial charge is 0.507 e. The third kappa shape index (κ3) is 6.54. The third-order valence-electron chi connectivity index (χ3n) is 7.74. The number of Topliss-reactive ketones (excluding diaryl/α,β-unsaturated/α-hetero) is 1. The van der Waals surface area contributed by atoms with Crippen molar-refractivity contribution in [3.63, 3.8) is 0 Å². The van der Waals surface area contributed by atoms with E-state index in [0.29, 0.717) is 39.3 Å². The molecule has 1 unspecified atom stereocenters. The Morgan fingerprint density at radius 3 is 2.28 bits per heavy atom. The summed E-state index contributed by atoms with van der Waals surface area (Å²) in [6.45, 7) is 4.47. The van der Waals surface area contributed by atoms with E-state index in [0.717, 1.165) is 16.7 Å². The first-order valence-electron chi connectivity index (χ1n) is 14.6. The molecule has 232 valence electrons. The second kappa shape index (κ2) is 13.6. The van der Waals surface area contributed by atoms with Crippen molar-refractivity contribution >= 4 is 45.7 Å². The van der Waals surface area contributed by atoms with Crippen molar-refractivity contribution in [3.8, 4) is 11.5 Å². The van der Waals surface area contributed by atoms with Crippen LogP contribution in [0, 0.1) is 13.8 Å². The topological polar surface area (TPSA) is 102 Å². The Labute approximate surface area is 275 Å². The number of methoxy groups -OCH3 is 1. The number of aromatic nitrogens is 2. The summed E-state index contributed by atoms with van der Waals surface area (Å²) in [6, 6.07) is 29.2. The number of aryl methyl sites for hydroxylation is 2. The van der Waals surface area contributed by atoms with Crippen LogP contribution in [-0.2, 0) is 21.9 Å². The molecule has 0 spiro atoms. The number of ketones is 1. The number of ether oxygens (including phenoxy) is 2. The van der Waals surface area contributed by atoms with Crippen LogP contribution in [-0.4, -0.2) is 34.1 Å². The Balaban J connectivity index is 1.30. The smallest absolute Gasteiger partial charge is 0.301 e. The quantitative estimate of drug-likeness (QED) is 0.0541. The zero-order valence-corrected chi connectivity index (χ0v) is 27.1. The molecule has 4 aromatic carbocycles. The van der Waals surface area contributed by atoms with Crippen LogP contribution in [0.2, 0.25) is 0 Å². The predicted octanol–water partition coefficient (Wildman–Crippen LogP) is 7.66. The summed E-state index contributed by atoms with van der Waals surface area (Å²) >= 11 is 2.73. The maximum absolute atomic E-state index is 13.6. The van der Waals surface area contributed by atoms with Gasteiger partial charge in [0.2, 0.25) is 5.13 Å². The Morgan fingerprint density at radius 2 is 1.59 bits per heavy atom. The number of nitrogens with zero attached hydrogens (tertiary/aromatic N) is 3. The molecule has 1 aliphatic heterocycles. The number of carbonyl (C=O) groups is 2. The Bertz CT molecular complexity index is 1900. The minimum atomic E-state index is -0.925. The SMILES string of the molecule is COc1ccc(C2/C(=C(\O)c3ccc(OCc4ccccc4C)cc3)C(=O)C(=O)N2c2nnc(SCc3ccc(C)cc3)s2)cc1. The number of carbonyl (C=O) groups excluding carboxylic acids is 2. The summed E-state index contributed by atoms with van der Waals surface area (Å²) in [5.74, 6) is 0.0316. The summed E-state index contributed by atoms with van der Waals surface area (Å²) in [7, 11) is 1.56. The van der Waals surface area contributed by atoms with E-state index in [-0.39, 0.29) is 16.5 Å². The van der Waals surface area contributed by atoms with Gasteiger partial charge in [0.25, 0.3) is 5.78 Å². The van der Waals surface area contributed by atoms with Gasteiger partial charge in [-0.25, -0.2) is 0 Å². The molecule has 5 aromatic rings. The van der Waals surface area contributed by atoms with Gasteiger partial charge in [0, 0.05) is 11.3 Å². The minimum Gasteiger partial charge on any atom is -0.507 e. The lowest BCUT2D eigenvalue weighted by molar-refractivity contribution is -0.132. The van der Waals surface area contributed by atoms with Crippen molar-refractivity contribution in [2.24, 2.45) is 0 Å². The normalized spacial score (nSPS) is 15.7. The maximum atomic E-state index is 13.6. The first-order chi connectivity index (χ1) is 22.3. The first kappa shape index (κ1) is 31.1. The molecule has 0 radical (unpaired) electrons. The second-order valence-electron chi connectivity index (χ2n) is 10.8. The van der Waals surface area contributed by atoms with Gasteiger partial charge in [-0.05, 0) is 72.5 Å². The number of aliphatic hydroxyl groups is 1. The van der Waals surface area contributed by atoms with Crippen LogP contribution < -0.4 is 14.4 Å². The fourth-order valence-corrected chi connectivity index (χ4v) is 6.94. The number of thioether (sulfide) groups is 1. The average molecular weight is 650 g/mol. The molecule has 8 nitrogen and oxygen atoms in total. The van der Waals surface area contributed by atoms with E-state index in [1.165, 1.54) is 33.6 Å². The van der Waals surface area contributed by atoms with Gasteiger partial charge in [-0.3, -0.25) is 14.5 Å². The number of aliphatic hydroxyl groups excluding tert-OH is 1. The molecular formula is C36H31N3O5S2. The van der Waals surface area contributed by atoms with Crippen molar-refractivity contribution in [2.45, 2.75) is 36.6 Å². The summed E-state index contributed by atoms with van der Waals surface area (Å²) in [5.41, 5.74) is 5.48. The summed E-state index contributed by atoms with van der Waals surface area (Å²) in [4.78, 5) is 28.5. The van der Waals surface area contributed by atoms with Crippen LogP contribution in [0.4, 0.5) is 5.13 Å². The van der Waals surface area contributed by atoms with Crippen molar-refractivity contribution < 1.29 is 24.2 Å². The Morgan fingerprint density at radius 1 is 0.891 bits per heavy atom. The molecule has 0 aliphatic carbocycles. The van der Waals surface area contributed by atoms with Crippen molar-refractivity contribution in [1.82, 2.24) is 10.2 Å². The van der Waals surface area contributed by atoms with Crippen LogP contribution >= 0.6 is 23.1 Å². The number of anilines is 1. The fourth-order valence-electron chi connectivity index (χ4n) is 5.12. The zero-order chi connectivity index (χ0) is 32.2. The highest BCUT2D eigenvalue weighted by atomic mass is 32.2. The molecule has 2 heterocycles. The number of rotatable bonds is 10. The van der Waals surface area contributed by atoms with Crippen LogP contribution in [0.1, 0.15) is 39.4 Å². The highest BCUT2D eigenvalue weighted by Crippen LogP contribution is 2.44. The van der Waals surface area contributed by atoms with Gasteiger partial charge in [0.05, 0.1) is 18.7 Å². The molecule has 0 bridgehead atoms. The molecule has 46 heavy (non-hydrogen) atoms. The lowest BCUT2D eigenvalue weighted by Gasteiger charge is -2.22. The van der Waals surface area contributed by atoms with E-state index in [1.807, 2.05) is 38.1 Å². The standard InChI is InChI=1S/C36H31N3O5S2/c1-22-8-10-24(11-9-22)21-45-36-38-37-35(46-36)39-31(25-12-16-28(43-3)17-13-25)30(33(41)34(39)42)32(40)26-14-18-29(19-15-26)44-20-27-7-5-4-6-23(27)2/h4-19,31,40H,20-21H2,1-3H3/b32-30+. The van der Waals surface area contributed by atoms with E-state index in [9.17, 15) is 14.7 Å². The van der Waals surface area contributed by atoms with Crippen molar-refractivity contribution in [3.05, 3.63) is 136 Å². The Kier molecular flexibility index (Phi) is 9.18. The van der Waals surface area contributed by atoms with E-state index < -0.39 is 17.7 Å². The minimum absolute atomic E-state index is 0.0344. The van der Waals surface area contributed by atoms with E-state index in [2.05, 4.69) is 34.5 Å². The molecule has 6 rings (SSSR count). The van der Waals surface area contributed by atoms with Gasteiger partial charge in [0.1, 0.15) is 23.9 Å². The molecule has 1 aromatic heterocycles. The summed E-state index contributed by atoms with van der Waals surface area (Å²) in [5, 5.41) is 20.4. The van der Waals surface area contributed by atoms with Gasteiger partial charge in [-0.2, -0.15) is 0 Å². The lowest BCUT2D eigenvalue weighted by atomic mass is 9.95. The summed E-state index contributed by atoms with van der Waals surface area (Å²) < 4.78 is 11.9. The van der Waals surface area contributed by atoms with Crippen LogP contribution in [0.15, 0.2) is 107 Å². The summed E-state index contributed by atoms with van der Waals surface area (Å²) in [6.07, 6.45) is 0. The molecule has 1 saturated heterocycles. The first-order valence-corrected chi connectivity index (χ1v) is 16.4. The molecule has 1 N–H and O–H groups in total. The average Bonchev–Trinajstić information content (AvgIpc) is 3.65. The lowest BCUT2D eigenvalue weighted by Crippen LogP contribution is -2.29. The van der Waals surface area contributed by atoms with Gasteiger partial charge < -0.3 is 14.6 Å². The van der Waals surface area contributed by atoms with Gasteiger partial charge in [-0.1, -0.05) is 89.3 Å². The molecule has 10 heteroatoms. The number of amides is 1. The molecule has 1 fully saturated rings. The van der Waals surface area contributed by atoms with Crippen molar-refractivity contribution in [1.29, 1.82) is 0 Å². The third-order valence-corrected chi connectivity index (χ3v) is 9.87. The van der Waals surface area contributed by atoms with Gasteiger partial charge in [-0.15, -0.1) is 10.2 Å². The molecule has 1 aliphatic rings.